The standard InChI is InChI=1S/C14H20N2O5/c1-3-21-12-6-4-5-11(9-12)15-14(19)16(7-8-20-2)10-13(17)18/h4-6,9H,3,7-8,10H2,1-2H3,(H,15,19)(H,17,18). The molecular weight excluding hydrogens is 276 g/mol. The van der Waals surface area contributed by atoms with Crippen LogP contribution < -0.4 is 10.1 Å². The van der Waals surface area contributed by atoms with Gasteiger partial charge in [0.2, 0.25) is 0 Å². The van der Waals surface area contributed by atoms with E-state index in [9.17, 15) is 9.59 Å². The molecule has 0 saturated carbocycles. The van der Waals surface area contributed by atoms with Crippen LogP contribution in [-0.2, 0) is 9.53 Å². The average Bonchev–Trinajstić information content (AvgIpc) is 2.43. The van der Waals surface area contributed by atoms with Crippen molar-refractivity contribution in [3.05, 3.63) is 24.3 Å². The number of nitrogens with one attached hydrogen (secondary N) is 1. The molecule has 0 aliphatic heterocycles. The zero-order valence-corrected chi connectivity index (χ0v) is 12.2. The van der Waals surface area contributed by atoms with E-state index < -0.39 is 12.0 Å². The van der Waals surface area contributed by atoms with Gasteiger partial charge >= 0.3 is 12.0 Å². The van der Waals surface area contributed by atoms with Gasteiger partial charge in [0.05, 0.1) is 13.2 Å². The monoisotopic (exact) mass is 296 g/mol. The number of ether oxygens (including phenoxy) is 2. The molecule has 0 aliphatic carbocycles. The molecule has 0 atom stereocenters. The predicted molar refractivity (Wildman–Crippen MR) is 77.7 cm³/mol. The summed E-state index contributed by atoms with van der Waals surface area (Å²) in [6.07, 6.45) is 0. The molecule has 7 nitrogen and oxygen atoms in total. The van der Waals surface area contributed by atoms with E-state index in [0.29, 0.717) is 18.0 Å². The van der Waals surface area contributed by atoms with Gasteiger partial charge in [0.1, 0.15) is 12.3 Å². The quantitative estimate of drug-likeness (QED) is 0.761. The van der Waals surface area contributed by atoms with Crippen molar-refractivity contribution in [2.45, 2.75) is 6.92 Å². The Bertz CT molecular complexity index is 478. The Morgan fingerprint density at radius 1 is 1.38 bits per heavy atom. The van der Waals surface area contributed by atoms with E-state index in [1.165, 1.54) is 12.0 Å². The highest BCUT2D eigenvalue weighted by atomic mass is 16.5. The molecule has 0 heterocycles. The third kappa shape index (κ3) is 6.13. The van der Waals surface area contributed by atoms with E-state index in [1.54, 1.807) is 24.3 Å². The van der Waals surface area contributed by atoms with Crippen molar-refractivity contribution in [1.82, 2.24) is 4.90 Å². The molecule has 2 amide bonds. The van der Waals surface area contributed by atoms with Crippen LogP contribution in [-0.4, -0.2) is 55.4 Å². The number of carboxylic acids is 1. The van der Waals surface area contributed by atoms with Crippen molar-refractivity contribution in [3.63, 3.8) is 0 Å². The van der Waals surface area contributed by atoms with Gasteiger partial charge in [-0.3, -0.25) is 4.79 Å². The number of carbonyl (C=O) groups excluding carboxylic acids is 1. The van der Waals surface area contributed by atoms with Gasteiger partial charge in [0.25, 0.3) is 0 Å². The summed E-state index contributed by atoms with van der Waals surface area (Å²) in [5.41, 5.74) is 0.541. The van der Waals surface area contributed by atoms with Crippen LogP contribution in [0.1, 0.15) is 6.92 Å². The molecule has 0 radical (unpaired) electrons. The Hall–Kier alpha value is -2.28. The van der Waals surface area contributed by atoms with Crippen LogP contribution in [0.25, 0.3) is 0 Å². The number of nitrogens with zero attached hydrogens (tertiary/aromatic N) is 1. The van der Waals surface area contributed by atoms with Gasteiger partial charge < -0.3 is 24.8 Å². The molecule has 0 unspecified atom stereocenters. The minimum atomic E-state index is -1.08. The van der Waals surface area contributed by atoms with E-state index in [1.807, 2.05) is 6.92 Å². The van der Waals surface area contributed by atoms with Crippen LogP contribution in [0.4, 0.5) is 10.5 Å². The topological polar surface area (TPSA) is 88.1 Å². The summed E-state index contributed by atoms with van der Waals surface area (Å²) in [6, 6.07) is 6.41. The van der Waals surface area contributed by atoms with Crippen LogP contribution in [0.3, 0.4) is 0 Å². The summed E-state index contributed by atoms with van der Waals surface area (Å²) in [5.74, 6) is -0.443. The lowest BCUT2D eigenvalue weighted by atomic mass is 10.3. The zero-order valence-electron chi connectivity index (χ0n) is 12.2. The number of anilines is 1. The number of methoxy groups -OCH3 is 1. The summed E-state index contributed by atoms with van der Waals surface area (Å²) in [4.78, 5) is 24.0. The van der Waals surface area contributed by atoms with Crippen molar-refractivity contribution in [2.24, 2.45) is 0 Å². The molecule has 1 aromatic rings. The normalized spacial score (nSPS) is 10.0. The Labute approximate surface area is 123 Å². The third-order valence-electron chi connectivity index (χ3n) is 2.57. The Morgan fingerprint density at radius 3 is 2.76 bits per heavy atom. The SMILES string of the molecule is CCOc1cccc(NC(=O)N(CCOC)CC(=O)O)c1. The number of hydrogen-bond acceptors (Lipinski definition) is 4. The third-order valence-corrected chi connectivity index (χ3v) is 2.57. The van der Waals surface area contributed by atoms with Gasteiger partial charge in [-0.15, -0.1) is 0 Å². The molecule has 1 rings (SSSR count). The Balaban J connectivity index is 2.70. The molecule has 116 valence electrons. The fourth-order valence-corrected chi connectivity index (χ4v) is 1.65. The maximum atomic E-state index is 12.1. The highest BCUT2D eigenvalue weighted by Crippen LogP contribution is 2.17. The summed E-state index contributed by atoms with van der Waals surface area (Å²) in [6.45, 7) is 2.46. The lowest BCUT2D eigenvalue weighted by Gasteiger charge is -2.21. The fraction of sp³-hybridized carbons (Fsp3) is 0.429. The van der Waals surface area contributed by atoms with Gasteiger partial charge in [0, 0.05) is 25.4 Å². The zero-order chi connectivity index (χ0) is 15.7. The second kappa shape index (κ2) is 8.80. The summed E-state index contributed by atoms with van der Waals surface area (Å²) in [7, 11) is 1.49. The first kappa shape index (κ1) is 16.8. The molecule has 0 spiro atoms. The highest BCUT2D eigenvalue weighted by Gasteiger charge is 2.16. The van der Waals surface area contributed by atoms with Crippen LogP contribution in [0, 0.1) is 0 Å². The number of rotatable bonds is 8. The number of urea groups is 1. The van der Waals surface area contributed by atoms with E-state index in [2.05, 4.69) is 5.32 Å². The van der Waals surface area contributed by atoms with Gasteiger partial charge in [-0.05, 0) is 19.1 Å². The Kier molecular flexibility index (Phi) is 7.03. The predicted octanol–water partition coefficient (Wildman–Crippen LogP) is 1.65. The molecule has 0 saturated heterocycles. The summed E-state index contributed by atoms with van der Waals surface area (Å²) < 4.78 is 10.2. The van der Waals surface area contributed by atoms with E-state index in [0.717, 1.165) is 0 Å². The molecule has 2 N–H and O–H groups in total. The molecule has 0 aliphatic rings. The number of aliphatic carboxylic acids is 1. The smallest absolute Gasteiger partial charge is 0.323 e. The van der Waals surface area contributed by atoms with Crippen molar-refractivity contribution in [2.75, 3.05) is 38.7 Å². The van der Waals surface area contributed by atoms with Crippen molar-refractivity contribution in [3.8, 4) is 5.75 Å². The van der Waals surface area contributed by atoms with Gasteiger partial charge in [-0.1, -0.05) is 6.07 Å². The number of benzene rings is 1. The van der Waals surface area contributed by atoms with Crippen LogP contribution in [0.5, 0.6) is 5.75 Å². The molecular formula is C14H20N2O5. The molecule has 0 bridgehead atoms. The van der Waals surface area contributed by atoms with Crippen molar-refractivity contribution < 1.29 is 24.2 Å². The molecule has 1 aromatic carbocycles. The molecule has 0 fully saturated rings. The Morgan fingerprint density at radius 2 is 2.14 bits per heavy atom. The minimum absolute atomic E-state index is 0.194. The van der Waals surface area contributed by atoms with E-state index >= 15 is 0 Å². The number of carbonyl (C=O) groups is 2. The molecule has 7 heteroatoms. The molecule has 0 aromatic heterocycles. The van der Waals surface area contributed by atoms with Crippen molar-refractivity contribution in [1.29, 1.82) is 0 Å². The van der Waals surface area contributed by atoms with Gasteiger partial charge in [0.15, 0.2) is 0 Å². The first-order chi connectivity index (χ1) is 10.1. The van der Waals surface area contributed by atoms with Crippen LogP contribution in [0.2, 0.25) is 0 Å². The number of amides is 2. The van der Waals surface area contributed by atoms with Crippen molar-refractivity contribution >= 4 is 17.7 Å². The van der Waals surface area contributed by atoms with Crippen LogP contribution >= 0.6 is 0 Å². The largest absolute Gasteiger partial charge is 0.494 e. The number of carboxylic acid groups (broad SMARTS) is 1. The molecule has 21 heavy (non-hydrogen) atoms. The van der Waals surface area contributed by atoms with E-state index in [-0.39, 0.29) is 19.7 Å². The second-order valence-electron chi connectivity index (χ2n) is 4.20. The first-order valence-electron chi connectivity index (χ1n) is 6.56. The first-order valence-corrected chi connectivity index (χ1v) is 6.56. The van der Waals surface area contributed by atoms with Gasteiger partial charge in [-0.2, -0.15) is 0 Å². The summed E-state index contributed by atoms with van der Waals surface area (Å²) in [5, 5.41) is 11.5. The maximum absolute atomic E-state index is 12.1. The van der Waals surface area contributed by atoms with Crippen LogP contribution in [0.15, 0.2) is 24.3 Å². The lowest BCUT2D eigenvalue weighted by molar-refractivity contribution is -0.137. The summed E-state index contributed by atoms with van der Waals surface area (Å²) >= 11 is 0. The van der Waals surface area contributed by atoms with E-state index in [4.69, 9.17) is 14.6 Å². The second-order valence-corrected chi connectivity index (χ2v) is 4.20. The minimum Gasteiger partial charge on any atom is -0.494 e. The highest BCUT2D eigenvalue weighted by molar-refractivity contribution is 5.91. The lowest BCUT2D eigenvalue weighted by Crippen LogP contribution is -2.40. The fourth-order valence-electron chi connectivity index (χ4n) is 1.65. The van der Waals surface area contributed by atoms with Gasteiger partial charge in [-0.25, -0.2) is 4.79 Å². The maximum Gasteiger partial charge on any atom is 0.323 e. The average molecular weight is 296 g/mol. The number of hydrogen-bond donors (Lipinski definition) is 2.